The molecule has 5 rings (SSSR count). The van der Waals surface area contributed by atoms with Crippen molar-refractivity contribution in [2.45, 2.75) is 43.9 Å². The number of amides is 1. The van der Waals surface area contributed by atoms with Crippen molar-refractivity contribution in [2.24, 2.45) is 5.92 Å². The maximum atomic E-state index is 13.3. The number of aromatic nitrogens is 2. The van der Waals surface area contributed by atoms with E-state index >= 15 is 0 Å². The lowest BCUT2D eigenvalue weighted by molar-refractivity contribution is -0.118. The average Bonchev–Trinajstić information content (AvgIpc) is 3.48. The van der Waals surface area contributed by atoms with Crippen LogP contribution in [-0.2, 0) is 4.79 Å². The molecule has 0 bridgehead atoms. The fourth-order valence-corrected chi connectivity index (χ4v) is 5.99. The number of halogens is 1. The number of dihydropyridines is 1. The summed E-state index contributed by atoms with van der Waals surface area (Å²) >= 11 is 1.83. The van der Waals surface area contributed by atoms with Crippen LogP contribution in [-0.4, -0.2) is 35.0 Å². The molecule has 2 aliphatic heterocycles. The second kappa shape index (κ2) is 10.2. The summed E-state index contributed by atoms with van der Waals surface area (Å²) < 4.78 is 13.3. The number of nitrogens with zero attached hydrogens (tertiary/aromatic N) is 1. The molecule has 184 valence electrons. The van der Waals surface area contributed by atoms with E-state index in [0.717, 1.165) is 29.7 Å². The Labute approximate surface area is 208 Å². The Kier molecular flexibility index (Phi) is 6.86. The lowest BCUT2D eigenvalue weighted by Crippen LogP contribution is -2.42. The van der Waals surface area contributed by atoms with Crippen LogP contribution in [0.3, 0.4) is 0 Å². The van der Waals surface area contributed by atoms with Crippen molar-refractivity contribution < 1.29 is 9.18 Å². The summed E-state index contributed by atoms with van der Waals surface area (Å²) in [5.41, 5.74) is 9.44. The Hall–Kier alpha value is -3.20. The van der Waals surface area contributed by atoms with E-state index in [9.17, 15) is 9.18 Å². The quantitative estimate of drug-likeness (QED) is 0.392. The molecule has 1 unspecified atom stereocenters. The van der Waals surface area contributed by atoms with Crippen molar-refractivity contribution in [3.05, 3.63) is 70.2 Å². The molecule has 1 amide bonds. The van der Waals surface area contributed by atoms with Crippen molar-refractivity contribution in [3.63, 3.8) is 0 Å². The topological polar surface area (TPSA) is 108 Å². The highest BCUT2D eigenvalue weighted by atomic mass is 32.2. The van der Waals surface area contributed by atoms with Crippen molar-refractivity contribution in [2.75, 3.05) is 18.8 Å². The normalized spacial score (nSPS) is 23.0. The Morgan fingerprint density at radius 2 is 2.23 bits per heavy atom. The molecule has 1 aromatic heterocycles. The minimum atomic E-state index is -0.114. The van der Waals surface area contributed by atoms with Crippen LogP contribution in [0, 0.1) is 5.92 Å². The third-order valence-corrected chi connectivity index (χ3v) is 8.21. The fourth-order valence-electron chi connectivity index (χ4n) is 4.80. The molecule has 0 radical (unpaired) electrons. The van der Waals surface area contributed by atoms with Gasteiger partial charge in [0, 0.05) is 29.3 Å². The molecule has 35 heavy (non-hydrogen) atoms. The van der Waals surface area contributed by atoms with Crippen molar-refractivity contribution >= 4 is 34.7 Å². The Bertz CT molecular complexity index is 1250. The summed E-state index contributed by atoms with van der Waals surface area (Å²) in [4.78, 5) is 21.7. The number of hydrogen-bond donors (Lipinski definition) is 5. The molecule has 3 aliphatic rings. The molecule has 0 fully saturated rings. The van der Waals surface area contributed by atoms with E-state index < -0.39 is 0 Å². The maximum absolute atomic E-state index is 13.3. The molecule has 6 N–H and O–H groups in total. The van der Waals surface area contributed by atoms with Gasteiger partial charge in [-0.1, -0.05) is 24.3 Å². The highest BCUT2D eigenvalue weighted by molar-refractivity contribution is 8.03. The number of nitrogens with one attached hydrogen (secondary N) is 4. The first-order valence-corrected chi connectivity index (χ1v) is 13.0. The van der Waals surface area contributed by atoms with Gasteiger partial charge in [-0.05, 0) is 62.3 Å². The predicted molar refractivity (Wildman–Crippen MR) is 140 cm³/mol. The van der Waals surface area contributed by atoms with Crippen molar-refractivity contribution in [1.29, 1.82) is 0 Å². The van der Waals surface area contributed by atoms with Crippen LogP contribution in [0.5, 0.6) is 0 Å². The van der Waals surface area contributed by atoms with Gasteiger partial charge in [-0.25, -0.2) is 9.37 Å². The zero-order valence-corrected chi connectivity index (χ0v) is 20.6. The first kappa shape index (κ1) is 23.5. The molecule has 0 saturated carbocycles. The number of carbonyl (C=O) groups is 1. The van der Waals surface area contributed by atoms with E-state index in [4.69, 9.17) is 5.73 Å². The van der Waals surface area contributed by atoms with Gasteiger partial charge in [-0.3, -0.25) is 4.79 Å². The van der Waals surface area contributed by atoms with Gasteiger partial charge in [0.1, 0.15) is 5.82 Å². The second-order valence-electron chi connectivity index (χ2n) is 9.28. The summed E-state index contributed by atoms with van der Waals surface area (Å²) in [5.74, 6) is 1.27. The number of imidazole rings is 1. The van der Waals surface area contributed by atoms with Crippen LogP contribution in [0.25, 0.3) is 11.0 Å². The third-order valence-electron chi connectivity index (χ3n) is 6.85. The third kappa shape index (κ3) is 5.40. The van der Waals surface area contributed by atoms with Gasteiger partial charge < -0.3 is 26.7 Å². The number of aromatic amines is 1. The summed E-state index contributed by atoms with van der Waals surface area (Å²) in [7, 11) is 0. The Balaban J connectivity index is 1.18. The number of anilines is 1. The van der Waals surface area contributed by atoms with E-state index in [1.165, 1.54) is 10.5 Å². The molecule has 0 spiro atoms. The lowest BCUT2D eigenvalue weighted by Gasteiger charge is -2.27. The minimum absolute atomic E-state index is 0.0210. The first-order valence-electron chi connectivity index (χ1n) is 12.1. The van der Waals surface area contributed by atoms with E-state index in [-0.39, 0.29) is 23.7 Å². The van der Waals surface area contributed by atoms with Crippen LogP contribution in [0.1, 0.15) is 43.4 Å². The number of nitrogen functional groups attached to an aromatic ring is 1. The summed E-state index contributed by atoms with van der Waals surface area (Å²) in [5, 5.41) is 10.2. The largest absolute Gasteiger partial charge is 0.369 e. The summed E-state index contributed by atoms with van der Waals surface area (Å²) in [6.45, 7) is 3.32. The number of benzene rings is 1. The van der Waals surface area contributed by atoms with Gasteiger partial charge in [0.25, 0.3) is 5.91 Å². The molecule has 9 heteroatoms. The van der Waals surface area contributed by atoms with Crippen LogP contribution < -0.4 is 21.7 Å². The van der Waals surface area contributed by atoms with Crippen molar-refractivity contribution in [1.82, 2.24) is 25.9 Å². The molecule has 1 aromatic carbocycles. The predicted octanol–water partition coefficient (Wildman–Crippen LogP) is 4.33. The number of rotatable bonds is 7. The second-order valence-corrected chi connectivity index (χ2v) is 10.6. The molecule has 3 atom stereocenters. The maximum Gasteiger partial charge on any atom is 0.255 e. The smallest absolute Gasteiger partial charge is 0.255 e. The van der Waals surface area contributed by atoms with E-state index in [2.05, 4.69) is 44.1 Å². The summed E-state index contributed by atoms with van der Waals surface area (Å²) in [6.07, 6.45) is 10.5. The summed E-state index contributed by atoms with van der Waals surface area (Å²) in [6, 6.07) is 6.22. The number of nitrogens with two attached hydrogens (primary N) is 1. The zero-order valence-electron chi connectivity index (χ0n) is 19.7. The lowest BCUT2D eigenvalue weighted by atomic mass is 9.88. The monoisotopic (exact) mass is 494 g/mol. The molecule has 7 nitrogen and oxygen atoms in total. The zero-order chi connectivity index (χ0) is 24.4. The highest BCUT2D eigenvalue weighted by Crippen LogP contribution is 2.43. The van der Waals surface area contributed by atoms with Gasteiger partial charge in [-0.15, -0.1) is 11.8 Å². The van der Waals surface area contributed by atoms with Crippen LogP contribution in [0.4, 0.5) is 10.3 Å². The van der Waals surface area contributed by atoms with E-state index in [1.54, 1.807) is 6.08 Å². The number of carbonyl (C=O) groups excluding carboxylic acids is 1. The minimum Gasteiger partial charge on any atom is -0.369 e. The SMILES string of the molecule is C[C@H](NC(=O)C1=C(NCC2=CCC(c3ccc4nc(N)[nH]c4c3)S2)NCC=C1)[C@H]1CC=C(F)CC1. The average molecular weight is 495 g/mol. The standard InChI is InChI=1S/C26H31FN6OS/c1-15(16-4-7-18(27)8-5-16)31-25(34)20-3-2-12-29-24(20)30-14-19-9-11-23(35-19)17-6-10-21-22(13-17)33-26(28)32-21/h2-3,6-7,9-10,13,15-16,23,29-30H,4-5,8,11-12,14H2,1H3,(H,31,34)(H3,28,32,33)/t15-,16-,23?/m0/s1. The highest BCUT2D eigenvalue weighted by Gasteiger charge is 2.25. The van der Waals surface area contributed by atoms with E-state index in [0.29, 0.717) is 42.7 Å². The molecule has 0 saturated heterocycles. The van der Waals surface area contributed by atoms with Gasteiger partial charge in [-0.2, -0.15) is 0 Å². The number of H-pyrrole nitrogens is 1. The van der Waals surface area contributed by atoms with Crippen LogP contribution in [0.15, 0.2) is 64.6 Å². The van der Waals surface area contributed by atoms with Gasteiger partial charge in [0.15, 0.2) is 5.95 Å². The number of allylic oxidation sites excluding steroid dienone is 3. The number of hydrogen-bond acceptors (Lipinski definition) is 6. The van der Waals surface area contributed by atoms with Crippen molar-refractivity contribution in [3.8, 4) is 0 Å². The first-order chi connectivity index (χ1) is 17.0. The molecule has 2 aromatic rings. The molecule has 3 heterocycles. The Morgan fingerprint density at radius 1 is 1.34 bits per heavy atom. The van der Waals surface area contributed by atoms with Crippen LogP contribution >= 0.6 is 11.8 Å². The number of fused-ring (bicyclic) bond motifs is 1. The van der Waals surface area contributed by atoms with Gasteiger partial charge in [0.05, 0.1) is 22.4 Å². The molecule has 1 aliphatic carbocycles. The number of thioether (sulfide) groups is 1. The Morgan fingerprint density at radius 3 is 3.06 bits per heavy atom. The molecular formula is C26H31FN6OS. The van der Waals surface area contributed by atoms with E-state index in [1.807, 2.05) is 36.9 Å². The van der Waals surface area contributed by atoms with Crippen LogP contribution in [0.2, 0.25) is 0 Å². The van der Waals surface area contributed by atoms with Gasteiger partial charge in [0.2, 0.25) is 0 Å². The fraction of sp³-hybridized carbons (Fsp3) is 0.385. The van der Waals surface area contributed by atoms with Gasteiger partial charge >= 0.3 is 0 Å². The molecular weight excluding hydrogens is 463 g/mol.